The summed E-state index contributed by atoms with van der Waals surface area (Å²) in [6.45, 7) is 5.96. The van der Waals surface area contributed by atoms with Crippen LogP contribution in [0.3, 0.4) is 0 Å². The van der Waals surface area contributed by atoms with Crippen molar-refractivity contribution in [1.29, 1.82) is 0 Å². The van der Waals surface area contributed by atoms with Crippen LogP contribution in [-0.2, 0) is 20.7 Å². The Bertz CT molecular complexity index is 614. The minimum absolute atomic E-state index is 0.0121. The Morgan fingerprint density at radius 3 is 2.50 bits per heavy atom. The van der Waals surface area contributed by atoms with E-state index in [1.807, 2.05) is 17.9 Å². The summed E-state index contributed by atoms with van der Waals surface area (Å²) < 4.78 is 16.2. The number of likely N-dealkylation sites (tertiary alicyclic amines) is 1. The topological polar surface area (TPSA) is 91.1 Å². The average molecular weight is 364 g/mol. The maximum atomic E-state index is 12.1. The van der Waals surface area contributed by atoms with Crippen molar-refractivity contribution >= 4 is 11.9 Å². The van der Waals surface area contributed by atoms with Crippen molar-refractivity contribution in [2.75, 3.05) is 32.9 Å². The zero-order valence-electron chi connectivity index (χ0n) is 15.5. The monoisotopic (exact) mass is 364 g/mol. The van der Waals surface area contributed by atoms with E-state index >= 15 is 0 Å². The summed E-state index contributed by atoms with van der Waals surface area (Å²) in [5.41, 5.74) is 6.71. The van der Waals surface area contributed by atoms with Gasteiger partial charge in [0.1, 0.15) is 6.04 Å². The van der Waals surface area contributed by atoms with Crippen molar-refractivity contribution in [3.63, 3.8) is 0 Å². The van der Waals surface area contributed by atoms with Crippen molar-refractivity contribution in [3.05, 3.63) is 23.8 Å². The molecule has 1 fully saturated rings. The Morgan fingerprint density at radius 1 is 1.12 bits per heavy atom. The molecule has 144 valence electrons. The van der Waals surface area contributed by atoms with Gasteiger partial charge in [0.25, 0.3) is 5.91 Å². The molecule has 1 aromatic rings. The molecule has 7 heteroatoms. The normalized spacial score (nSPS) is 14.8. The molecular weight excluding hydrogens is 336 g/mol. The van der Waals surface area contributed by atoms with Crippen LogP contribution in [0.15, 0.2) is 18.2 Å². The lowest BCUT2D eigenvalue weighted by Crippen LogP contribution is -2.34. The van der Waals surface area contributed by atoms with Crippen LogP contribution in [0.25, 0.3) is 0 Å². The summed E-state index contributed by atoms with van der Waals surface area (Å²) in [6.07, 6.45) is 2.43. The van der Waals surface area contributed by atoms with Gasteiger partial charge in [-0.3, -0.25) is 9.59 Å². The maximum absolute atomic E-state index is 12.1. The van der Waals surface area contributed by atoms with Crippen molar-refractivity contribution in [3.8, 4) is 11.5 Å². The van der Waals surface area contributed by atoms with Crippen LogP contribution in [0, 0.1) is 0 Å². The van der Waals surface area contributed by atoms with E-state index in [4.69, 9.17) is 19.9 Å². The average Bonchev–Trinajstić information content (AvgIpc) is 3.16. The van der Waals surface area contributed by atoms with E-state index < -0.39 is 12.0 Å². The van der Waals surface area contributed by atoms with Gasteiger partial charge in [-0.1, -0.05) is 6.07 Å². The largest absolute Gasteiger partial charge is 0.490 e. The fourth-order valence-electron chi connectivity index (χ4n) is 2.85. The van der Waals surface area contributed by atoms with Gasteiger partial charge in [0, 0.05) is 13.1 Å². The van der Waals surface area contributed by atoms with Crippen LogP contribution >= 0.6 is 0 Å². The molecule has 26 heavy (non-hydrogen) atoms. The fraction of sp³-hybridized carbons (Fsp3) is 0.579. The van der Waals surface area contributed by atoms with E-state index in [0.29, 0.717) is 31.1 Å². The lowest BCUT2D eigenvalue weighted by Gasteiger charge is -2.18. The zero-order chi connectivity index (χ0) is 18.9. The third-order valence-electron chi connectivity index (χ3n) is 4.16. The van der Waals surface area contributed by atoms with Crippen LogP contribution in [0.4, 0.5) is 0 Å². The van der Waals surface area contributed by atoms with Gasteiger partial charge >= 0.3 is 5.97 Å². The molecule has 0 saturated carbocycles. The minimum Gasteiger partial charge on any atom is -0.490 e. The second-order valence-corrected chi connectivity index (χ2v) is 6.15. The summed E-state index contributed by atoms with van der Waals surface area (Å²) in [6, 6.07) is 4.62. The smallest absolute Gasteiger partial charge is 0.323 e. The lowest BCUT2D eigenvalue weighted by molar-refractivity contribution is -0.144. The quantitative estimate of drug-likeness (QED) is 0.668. The van der Waals surface area contributed by atoms with Crippen LogP contribution < -0.4 is 15.2 Å². The Hall–Kier alpha value is -2.28. The molecule has 0 spiro atoms. The highest BCUT2D eigenvalue weighted by molar-refractivity contribution is 5.78. The van der Waals surface area contributed by atoms with E-state index in [1.165, 1.54) is 0 Å². The van der Waals surface area contributed by atoms with Crippen molar-refractivity contribution in [1.82, 2.24) is 4.90 Å². The van der Waals surface area contributed by atoms with Gasteiger partial charge in [-0.25, -0.2) is 0 Å². The summed E-state index contributed by atoms with van der Waals surface area (Å²) in [5, 5.41) is 0. The van der Waals surface area contributed by atoms with E-state index in [0.717, 1.165) is 31.5 Å². The second-order valence-electron chi connectivity index (χ2n) is 6.15. The molecule has 1 unspecified atom stereocenters. The molecule has 1 aromatic carbocycles. The predicted molar refractivity (Wildman–Crippen MR) is 97.2 cm³/mol. The number of ether oxygens (including phenoxy) is 3. The Morgan fingerprint density at radius 2 is 1.85 bits per heavy atom. The maximum Gasteiger partial charge on any atom is 0.323 e. The molecule has 0 aliphatic carbocycles. The number of hydrogen-bond acceptors (Lipinski definition) is 6. The molecule has 0 bridgehead atoms. The van der Waals surface area contributed by atoms with E-state index in [9.17, 15) is 9.59 Å². The number of carbonyl (C=O) groups is 2. The number of hydrogen-bond donors (Lipinski definition) is 1. The first kappa shape index (κ1) is 20.0. The van der Waals surface area contributed by atoms with Gasteiger partial charge in [-0.15, -0.1) is 0 Å². The molecule has 7 nitrogen and oxygen atoms in total. The van der Waals surface area contributed by atoms with Crippen LogP contribution in [-0.4, -0.2) is 55.7 Å². The molecule has 1 aliphatic rings. The molecule has 1 aliphatic heterocycles. The van der Waals surface area contributed by atoms with Gasteiger partial charge in [0.2, 0.25) is 0 Å². The Balaban J connectivity index is 2.00. The number of carbonyl (C=O) groups excluding carboxylic acids is 2. The van der Waals surface area contributed by atoms with Gasteiger partial charge < -0.3 is 24.8 Å². The van der Waals surface area contributed by atoms with Crippen molar-refractivity contribution < 1.29 is 23.8 Å². The standard InChI is InChI=1S/C19H28N2O5/c1-3-24-17-12-14(11-15(20)19(23)25-4-2)7-8-16(17)26-13-18(22)21-9-5-6-10-21/h7-8,12,15H,3-6,9-11,13,20H2,1-2H3. The van der Waals surface area contributed by atoms with E-state index in [-0.39, 0.29) is 12.5 Å². The second kappa shape index (κ2) is 10.0. The Labute approximate surface area is 154 Å². The third kappa shape index (κ3) is 5.62. The first-order valence-electron chi connectivity index (χ1n) is 9.13. The molecule has 2 rings (SSSR count). The third-order valence-corrected chi connectivity index (χ3v) is 4.16. The number of benzene rings is 1. The van der Waals surface area contributed by atoms with Gasteiger partial charge in [-0.2, -0.15) is 0 Å². The van der Waals surface area contributed by atoms with E-state index in [1.54, 1.807) is 19.1 Å². The van der Waals surface area contributed by atoms with Crippen LogP contribution in [0.1, 0.15) is 32.3 Å². The highest BCUT2D eigenvalue weighted by Gasteiger charge is 2.20. The summed E-state index contributed by atoms with van der Waals surface area (Å²) >= 11 is 0. The molecule has 2 N–H and O–H groups in total. The molecule has 0 radical (unpaired) electrons. The van der Waals surface area contributed by atoms with E-state index in [2.05, 4.69) is 0 Å². The summed E-state index contributed by atoms with van der Waals surface area (Å²) in [4.78, 5) is 25.6. The minimum atomic E-state index is -0.729. The van der Waals surface area contributed by atoms with Gasteiger partial charge in [-0.05, 0) is 50.8 Å². The van der Waals surface area contributed by atoms with Crippen LogP contribution in [0.2, 0.25) is 0 Å². The first-order valence-corrected chi connectivity index (χ1v) is 9.13. The van der Waals surface area contributed by atoms with Crippen LogP contribution in [0.5, 0.6) is 11.5 Å². The number of amides is 1. The zero-order valence-corrected chi connectivity index (χ0v) is 15.5. The molecule has 1 amide bonds. The predicted octanol–water partition coefficient (Wildman–Crippen LogP) is 1.52. The highest BCUT2D eigenvalue weighted by Crippen LogP contribution is 2.29. The van der Waals surface area contributed by atoms with Crippen molar-refractivity contribution in [2.45, 2.75) is 39.2 Å². The van der Waals surface area contributed by atoms with Crippen molar-refractivity contribution in [2.24, 2.45) is 5.73 Å². The number of esters is 1. The molecule has 1 heterocycles. The molecular formula is C19H28N2O5. The molecule has 1 atom stereocenters. The Kier molecular flexibility index (Phi) is 7.72. The number of nitrogens with two attached hydrogens (primary N) is 1. The SMILES string of the molecule is CCOC(=O)C(N)Cc1ccc(OCC(=O)N2CCCC2)c(OCC)c1. The molecule has 0 aromatic heterocycles. The lowest BCUT2D eigenvalue weighted by atomic mass is 10.1. The number of nitrogens with zero attached hydrogens (tertiary/aromatic N) is 1. The number of rotatable bonds is 9. The van der Waals surface area contributed by atoms with Gasteiger partial charge in [0.05, 0.1) is 13.2 Å². The summed E-state index contributed by atoms with van der Waals surface area (Å²) in [7, 11) is 0. The molecule has 1 saturated heterocycles. The van der Waals surface area contributed by atoms with Gasteiger partial charge in [0.15, 0.2) is 18.1 Å². The first-order chi connectivity index (χ1) is 12.5. The fourth-order valence-corrected chi connectivity index (χ4v) is 2.85. The summed E-state index contributed by atoms with van der Waals surface area (Å²) in [5.74, 6) is 0.600. The highest BCUT2D eigenvalue weighted by atomic mass is 16.5.